The van der Waals surface area contributed by atoms with Crippen LogP contribution in [-0.2, 0) is 6.54 Å². The van der Waals surface area contributed by atoms with Crippen LogP contribution in [0.25, 0.3) is 0 Å². The molecule has 0 heterocycles. The van der Waals surface area contributed by atoms with E-state index in [1.54, 1.807) is 19.2 Å². The summed E-state index contributed by atoms with van der Waals surface area (Å²) in [6.45, 7) is 2.31. The summed E-state index contributed by atoms with van der Waals surface area (Å²) >= 11 is 6.17. The minimum Gasteiger partial charge on any atom is -0.496 e. The molecule has 2 aromatic carbocycles. The predicted octanol–water partition coefficient (Wildman–Crippen LogP) is 4.18. The smallest absolute Gasteiger partial charge is 0.271 e. The highest BCUT2D eigenvalue weighted by molar-refractivity contribution is 6.31. The van der Waals surface area contributed by atoms with Crippen LogP contribution in [0.4, 0.5) is 11.4 Å². The van der Waals surface area contributed by atoms with E-state index in [2.05, 4.69) is 5.32 Å². The van der Waals surface area contributed by atoms with Crippen molar-refractivity contribution in [2.75, 3.05) is 12.4 Å². The molecule has 0 aliphatic carbocycles. The standard InChI is InChI=1S/C15H15ClN2O3/c1-10-6-7-11(18(19)20)8-14(10)17-9-12-13(16)4-3-5-15(12)21-2/h3-8,17H,9H2,1-2H3. The Morgan fingerprint density at radius 2 is 2.10 bits per heavy atom. The molecular weight excluding hydrogens is 292 g/mol. The van der Waals surface area contributed by atoms with Gasteiger partial charge in [0.2, 0.25) is 0 Å². The molecule has 0 saturated heterocycles. The Labute approximate surface area is 127 Å². The third-order valence-electron chi connectivity index (χ3n) is 3.18. The van der Waals surface area contributed by atoms with Gasteiger partial charge in [-0.15, -0.1) is 0 Å². The lowest BCUT2D eigenvalue weighted by atomic mass is 10.1. The monoisotopic (exact) mass is 306 g/mol. The topological polar surface area (TPSA) is 64.4 Å². The molecule has 110 valence electrons. The molecule has 0 aliphatic heterocycles. The van der Waals surface area contributed by atoms with Crippen molar-refractivity contribution in [2.24, 2.45) is 0 Å². The number of nitrogens with zero attached hydrogens (tertiary/aromatic N) is 1. The van der Waals surface area contributed by atoms with Gasteiger partial charge in [-0.3, -0.25) is 10.1 Å². The van der Waals surface area contributed by atoms with Gasteiger partial charge in [-0.05, 0) is 24.6 Å². The van der Waals surface area contributed by atoms with Gasteiger partial charge in [-0.25, -0.2) is 0 Å². The summed E-state index contributed by atoms with van der Waals surface area (Å²) in [7, 11) is 1.58. The number of benzene rings is 2. The molecule has 0 bridgehead atoms. The SMILES string of the molecule is COc1cccc(Cl)c1CNc1cc([N+](=O)[O-])ccc1C. The van der Waals surface area contributed by atoms with Gasteiger partial charge in [0.05, 0.1) is 12.0 Å². The minimum atomic E-state index is -0.416. The molecule has 0 aromatic heterocycles. The summed E-state index contributed by atoms with van der Waals surface area (Å²) in [5.41, 5.74) is 2.49. The first-order valence-electron chi connectivity index (χ1n) is 6.33. The molecule has 21 heavy (non-hydrogen) atoms. The summed E-state index contributed by atoms with van der Waals surface area (Å²) in [6.07, 6.45) is 0. The highest BCUT2D eigenvalue weighted by Gasteiger charge is 2.11. The lowest BCUT2D eigenvalue weighted by Crippen LogP contribution is -2.04. The van der Waals surface area contributed by atoms with Crippen molar-refractivity contribution in [1.82, 2.24) is 0 Å². The molecule has 1 N–H and O–H groups in total. The number of anilines is 1. The number of nitro benzene ring substituents is 1. The van der Waals surface area contributed by atoms with E-state index in [9.17, 15) is 10.1 Å². The number of hydrogen-bond donors (Lipinski definition) is 1. The van der Waals surface area contributed by atoms with Crippen LogP contribution >= 0.6 is 11.6 Å². The Bertz CT molecular complexity index is 674. The van der Waals surface area contributed by atoms with Gasteiger partial charge in [0.25, 0.3) is 5.69 Å². The molecule has 0 spiro atoms. The average molecular weight is 307 g/mol. The highest BCUT2D eigenvalue weighted by atomic mass is 35.5. The van der Waals surface area contributed by atoms with E-state index in [0.717, 1.165) is 11.1 Å². The van der Waals surface area contributed by atoms with Crippen LogP contribution in [0.5, 0.6) is 5.75 Å². The molecule has 2 rings (SSSR count). The number of hydrogen-bond acceptors (Lipinski definition) is 4. The molecule has 0 amide bonds. The van der Waals surface area contributed by atoms with Gasteiger partial charge in [0, 0.05) is 35.0 Å². The van der Waals surface area contributed by atoms with Crippen LogP contribution in [0.1, 0.15) is 11.1 Å². The molecular formula is C15H15ClN2O3. The second kappa shape index (κ2) is 6.45. The molecule has 0 unspecified atom stereocenters. The minimum absolute atomic E-state index is 0.0502. The predicted molar refractivity (Wildman–Crippen MR) is 83.2 cm³/mol. The first kappa shape index (κ1) is 15.1. The zero-order chi connectivity index (χ0) is 15.4. The zero-order valence-electron chi connectivity index (χ0n) is 11.7. The summed E-state index contributed by atoms with van der Waals surface area (Å²) in [5.74, 6) is 0.679. The fourth-order valence-electron chi connectivity index (χ4n) is 2.00. The van der Waals surface area contributed by atoms with Crippen LogP contribution in [-0.4, -0.2) is 12.0 Å². The molecule has 0 fully saturated rings. The molecule has 0 aliphatic rings. The Morgan fingerprint density at radius 1 is 1.33 bits per heavy atom. The fraction of sp³-hybridized carbons (Fsp3) is 0.200. The lowest BCUT2D eigenvalue weighted by molar-refractivity contribution is -0.384. The first-order chi connectivity index (χ1) is 10.0. The van der Waals surface area contributed by atoms with Gasteiger partial charge in [-0.1, -0.05) is 23.7 Å². The average Bonchev–Trinajstić information content (AvgIpc) is 2.47. The second-order valence-electron chi connectivity index (χ2n) is 4.53. The maximum Gasteiger partial charge on any atom is 0.271 e. The van der Waals surface area contributed by atoms with Crippen LogP contribution < -0.4 is 10.1 Å². The maximum absolute atomic E-state index is 10.8. The van der Waals surface area contributed by atoms with E-state index in [4.69, 9.17) is 16.3 Å². The normalized spacial score (nSPS) is 10.2. The van der Waals surface area contributed by atoms with Crippen molar-refractivity contribution in [3.63, 3.8) is 0 Å². The van der Waals surface area contributed by atoms with E-state index >= 15 is 0 Å². The second-order valence-corrected chi connectivity index (χ2v) is 4.94. The zero-order valence-corrected chi connectivity index (χ0v) is 12.5. The molecule has 6 heteroatoms. The summed E-state index contributed by atoms with van der Waals surface area (Å²) in [5, 5.41) is 14.6. The maximum atomic E-state index is 10.8. The number of non-ortho nitro benzene ring substituents is 1. The van der Waals surface area contributed by atoms with E-state index in [1.165, 1.54) is 12.1 Å². The Hall–Kier alpha value is -2.27. The summed E-state index contributed by atoms with van der Waals surface area (Å²) in [6, 6.07) is 10.1. The number of methoxy groups -OCH3 is 1. The molecule has 0 atom stereocenters. The van der Waals surface area contributed by atoms with Crippen molar-refractivity contribution < 1.29 is 9.66 Å². The van der Waals surface area contributed by atoms with Crippen LogP contribution in [0.2, 0.25) is 5.02 Å². The Kier molecular flexibility index (Phi) is 4.65. The number of ether oxygens (including phenoxy) is 1. The third kappa shape index (κ3) is 3.44. The van der Waals surface area contributed by atoms with Crippen LogP contribution in [0.3, 0.4) is 0 Å². The van der Waals surface area contributed by atoms with Gasteiger partial charge >= 0.3 is 0 Å². The van der Waals surface area contributed by atoms with Crippen LogP contribution in [0, 0.1) is 17.0 Å². The molecule has 0 saturated carbocycles. The van der Waals surface area contributed by atoms with Gasteiger partial charge in [0.15, 0.2) is 0 Å². The van der Waals surface area contributed by atoms with Gasteiger partial charge in [0.1, 0.15) is 5.75 Å². The van der Waals surface area contributed by atoms with Gasteiger partial charge in [-0.2, -0.15) is 0 Å². The highest BCUT2D eigenvalue weighted by Crippen LogP contribution is 2.28. The summed E-state index contributed by atoms with van der Waals surface area (Å²) in [4.78, 5) is 10.4. The van der Waals surface area contributed by atoms with Crippen LogP contribution in [0.15, 0.2) is 36.4 Å². The van der Waals surface area contributed by atoms with Crippen molar-refractivity contribution in [3.8, 4) is 5.75 Å². The Balaban J connectivity index is 2.24. The van der Waals surface area contributed by atoms with Crippen molar-refractivity contribution in [2.45, 2.75) is 13.5 Å². The number of rotatable bonds is 5. The van der Waals surface area contributed by atoms with Crippen molar-refractivity contribution in [3.05, 3.63) is 62.7 Å². The van der Waals surface area contributed by atoms with E-state index in [1.807, 2.05) is 19.1 Å². The van der Waals surface area contributed by atoms with Gasteiger partial charge < -0.3 is 10.1 Å². The van der Waals surface area contributed by atoms with Crippen molar-refractivity contribution >= 4 is 23.0 Å². The molecule has 5 nitrogen and oxygen atoms in total. The summed E-state index contributed by atoms with van der Waals surface area (Å²) < 4.78 is 5.27. The molecule has 0 radical (unpaired) electrons. The number of halogens is 1. The number of nitro groups is 1. The van der Waals surface area contributed by atoms with E-state index in [-0.39, 0.29) is 5.69 Å². The fourth-order valence-corrected chi connectivity index (χ4v) is 2.23. The lowest BCUT2D eigenvalue weighted by Gasteiger charge is -2.13. The largest absolute Gasteiger partial charge is 0.496 e. The Morgan fingerprint density at radius 3 is 2.76 bits per heavy atom. The third-order valence-corrected chi connectivity index (χ3v) is 3.54. The van der Waals surface area contributed by atoms with Crippen molar-refractivity contribution in [1.29, 1.82) is 0 Å². The van der Waals surface area contributed by atoms with E-state index < -0.39 is 4.92 Å². The quantitative estimate of drug-likeness (QED) is 0.665. The molecule has 2 aromatic rings. The van der Waals surface area contributed by atoms with E-state index in [0.29, 0.717) is 23.0 Å². The number of aryl methyl sites for hydroxylation is 1. The number of nitrogens with one attached hydrogen (secondary N) is 1. The first-order valence-corrected chi connectivity index (χ1v) is 6.71.